The summed E-state index contributed by atoms with van der Waals surface area (Å²) in [4.78, 5) is 0. The number of aryl methyl sites for hydroxylation is 1. The van der Waals surface area contributed by atoms with Gasteiger partial charge in [-0.1, -0.05) is 41.9 Å². The molecule has 0 amide bonds. The number of hydrogen-bond donors (Lipinski definition) is 1. The molecule has 0 atom stereocenters. The zero-order valence-electron chi connectivity index (χ0n) is 12.0. The lowest BCUT2D eigenvalue weighted by molar-refractivity contribution is 0.688. The summed E-state index contributed by atoms with van der Waals surface area (Å²) in [5.74, 6) is 0. The molecule has 2 heteroatoms. The summed E-state index contributed by atoms with van der Waals surface area (Å²) in [7, 11) is 0. The Bertz CT molecular complexity index is 629. The van der Waals surface area contributed by atoms with E-state index in [1.165, 1.54) is 40.7 Å². The molecule has 1 nitrogen and oxygen atoms in total. The Balaban J connectivity index is 1.87. The van der Waals surface area contributed by atoms with Crippen LogP contribution in [-0.4, -0.2) is 6.04 Å². The van der Waals surface area contributed by atoms with Crippen molar-refractivity contribution in [3.8, 4) is 11.1 Å². The Kier molecular flexibility index (Phi) is 3.82. The molecule has 2 aromatic carbocycles. The molecular weight excluding hydrogens is 266 g/mol. The van der Waals surface area contributed by atoms with Crippen LogP contribution < -0.4 is 5.32 Å². The smallest absolute Gasteiger partial charge is 0.0457 e. The molecule has 0 saturated heterocycles. The van der Waals surface area contributed by atoms with E-state index >= 15 is 0 Å². The molecule has 3 rings (SSSR count). The minimum atomic E-state index is 0.713. The zero-order chi connectivity index (χ0) is 14.1. The summed E-state index contributed by atoms with van der Waals surface area (Å²) in [5.41, 5.74) is 6.30. The molecule has 0 unspecified atom stereocenters. The Morgan fingerprint density at radius 3 is 2.65 bits per heavy atom. The predicted molar refractivity (Wildman–Crippen MR) is 86.2 cm³/mol. The molecule has 0 aliphatic heterocycles. The van der Waals surface area contributed by atoms with E-state index in [1.807, 2.05) is 0 Å². The third kappa shape index (κ3) is 2.89. The molecule has 0 aromatic heterocycles. The van der Waals surface area contributed by atoms with Gasteiger partial charge in [-0.3, -0.25) is 0 Å². The van der Waals surface area contributed by atoms with Crippen molar-refractivity contribution in [1.29, 1.82) is 0 Å². The van der Waals surface area contributed by atoms with Gasteiger partial charge in [0.05, 0.1) is 0 Å². The first-order chi connectivity index (χ1) is 9.65. The summed E-state index contributed by atoms with van der Waals surface area (Å²) in [6, 6.07) is 13.5. The van der Waals surface area contributed by atoms with Gasteiger partial charge < -0.3 is 5.32 Å². The number of hydrogen-bond acceptors (Lipinski definition) is 1. The van der Waals surface area contributed by atoms with Crippen LogP contribution in [0.25, 0.3) is 11.1 Å². The molecule has 104 valence electrons. The van der Waals surface area contributed by atoms with E-state index in [9.17, 15) is 0 Å². The van der Waals surface area contributed by atoms with Crippen LogP contribution in [0.3, 0.4) is 0 Å². The van der Waals surface area contributed by atoms with E-state index in [2.05, 4.69) is 55.6 Å². The molecule has 2 aromatic rings. The van der Waals surface area contributed by atoms with Crippen molar-refractivity contribution in [3.05, 3.63) is 58.1 Å². The molecule has 0 heterocycles. The van der Waals surface area contributed by atoms with Gasteiger partial charge in [0.15, 0.2) is 0 Å². The molecular formula is C18H20ClN. The largest absolute Gasteiger partial charge is 0.310 e. The maximum atomic E-state index is 6.44. The van der Waals surface area contributed by atoms with Gasteiger partial charge in [-0.25, -0.2) is 0 Å². The van der Waals surface area contributed by atoms with Crippen molar-refractivity contribution in [2.75, 3.05) is 0 Å². The van der Waals surface area contributed by atoms with Crippen molar-refractivity contribution in [1.82, 2.24) is 5.32 Å². The second kappa shape index (κ2) is 5.59. The lowest BCUT2D eigenvalue weighted by Crippen LogP contribution is -2.15. The fraction of sp³-hybridized carbons (Fsp3) is 0.333. The molecule has 1 N–H and O–H groups in total. The van der Waals surface area contributed by atoms with Gasteiger partial charge in [0.2, 0.25) is 0 Å². The van der Waals surface area contributed by atoms with Crippen LogP contribution in [0.15, 0.2) is 36.4 Å². The van der Waals surface area contributed by atoms with E-state index in [1.54, 1.807) is 0 Å². The summed E-state index contributed by atoms with van der Waals surface area (Å²) in [6.07, 6.45) is 2.61. The summed E-state index contributed by atoms with van der Waals surface area (Å²) in [6.45, 7) is 5.19. The molecule has 1 saturated carbocycles. The van der Waals surface area contributed by atoms with E-state index in [-0.39, 0.29) is 0 Å². The molecule has 0 radical (unpaired) electrons. The first kappa shape index (κ1) is 13.7. The van der Waals surface area contributed by atoms with Crippen LogP contribution in [0, 0.1) is 13.8 Å². The Hall–Kier alpha value is -1.31. The van der Waals surface area contributed by atoms with E-state index in [4.69, 9.17) is 11.6 Å². The van der Waals surface area contributed by atoms with E-state index < -0.39 is 0 Å². The van der Waals surface area contributed by atoms with Crippen LogP contribution in [0.4, 0.5) is 0 Å². The van der Waals surface area contributed by atoms with Crippen LogP contribution in [0.2, 0.25) is 5.02 Å². The highest BCUT2D eigenvalue weighted by molar-refractivity contribution is 6.31. The molecule has 1 aliphatic rings. The van der Waals surface area contributed by atoms with Gasteiger partial charge in [0.1, 0.15) is 0 Å². The van der Waals surface area contributed by atoms with Crippen LogP contribution in [0.5, 0.6) is 0 Å². The summed E-state index contributed by atoms with van der Waals surface area (Å²) >= 11 is 6.44. The van der Waals surface area contributed by atoms with Gasteiger partial charge in [0.25, 0.3) is 0 Å². The molecule has 20 heavy (non-hydrogen) atoms. The standard InChI is InChI=1S/C18H20ClN/c1-12-4-3-5-17(13(12)2)14-6-7-15(18(19)10-14)11-20-16-8-9-16/h3-7,10,16,20H,8-9,11H2,1-2H3. The van der Waals surface area contributed by atoms with Gasteiger partial charge in [-0.2, -0.15) is 0 Å². The SMILES string of the molecule is Cc1cccc(-c2ccc(CNC3CC3)c(Cl)c2)c1C. The Morgan fingerprint density at radius 1 is 1.15 bits per heavy atom. The van der Waals surface area contributed by atoms with Crippen LogP contribution in [0.1, 0.15) is 29.5 Å². The molecule has 0 bridgehead atoms. The average Bonchev–Trinajstić information content (AvgIpc) is 3.25. The second-order valence-corrected chi connectivity index (χ2v) is 6.12. The fourth-order valence-electron chi connectivity index (χ4n) is 2.46. The second-order valence-electron chi connectivity index (χ2n) is 5.71. The monoisotopic (exact) mass is 285 g/mol. The maximum absolute atomic E-state index is 6.44. The third-order valence-corrected chi connectivity index (χ3v) is 4.48. The highest BCUT2D eigenvalue weighted by Crippen LogP contribution is 2.29. The van der Waals surface area contributed by atoms with Gasteiger partial charge in [-0.05, 0) is 60.6 Å². The Labute approximate surface area is 126 Å². The number of rotatable bonds is 4. The highest BCUT2D eigenvalue weighted by Gasteiger charge is 2.20. The topological polar surface area (TPSA) is 12.0 Å². The number of nitrogens with one attached hydrogen (secondary N) is 1. The highest BCUT2D eigenvalue weighted by atomic mass is 35.5. The Morgan fingerprint density at radius 2 is 1.95 bits per heavy atom. The predicted octanol–water partition coefficient (Wildman–Crippen LogP) is 4.88. The third-order valence-electron chi connectivity index (χ3n) is 4.13. The quantitative estimate of drug-likeness (QED) is 0.844. The van der Waals surface area contributed by atoms with Gasteiger partial charge in [0, 0.05) is 17.6 Å². The van der Waals surface area contributed by atoms with Crippen molar-refractivity contribution in [3.63, 3.8) is 0 Å². The first-order valence-electron chi connectivity index (χ1n) is 7.23. The van der Waals surface area contributed by atoms with Crippen molar-refractivity contribution in [2.24, 2.45) is 0 Å². The molecule has 1 fully saturated rings. The maximum Gasteiger partial charge on any atom is 0.0457 e. The summed E-state index contributed by atoms with van der Waals surface area (Å²) < 4.78 is 0. The zero-order valence-corrected chi connectivity index (χ0v) is 12.8. The molecule has 0 spiro atoms. The number of benzene rings is 2. The fourth-order valence-corrected chi connectivity index (χ4v) is 2.71. The van der Waals surface area contributed by atoms with E-state index in [0.717, 1.165) is 11.6 Å². The van der Waals surface area contributed by atoms with Crippen molar-refractivity contribution < 1.29 is 0 Å². The van der Waals surface area contributed by atoms with E-state index in [0.29, 0.717) is 6.04 Å². The lowest BCUT2D eigenvalue weighted by Gasteiger charge is -2.11. The first-order valence-corrected chi connectivity index (χ1v) is 7.61. The van der Waals surface area contributed by atoms with Gasteiger partial charge >= 0.3 is 0 Å². The minimum absolute atomic E-state index is 0.713. The van der Waals surface area contributed by atoms with Crippen molar-refractivity contribution >= 4 is 11.6 Å². The van der Waals surface area contributed by atoms with Crippen LogP contribution in [-0.2, 0) is 6.54 Å². The van der Waals surface area contributed by atoms with Gasteiger partial charge in [-0.15, -0.1) is 0 Å². The summed E-state index contributed by atoms with van der Waals surface area (Å²) in [5, 5.41) is 4.37. The normalized spacial score (nSPS) is 14.6. The molecule has 1 aliphatic carbocycles. The minimum Gasteiger partial charge on any atom is -0.310 e. The lowest BCUT2D eigenvalue weighted by atomic mass is 9.96. The number of halogens is 1. The average molecular weight is 286 g/mol. The van der Waals surface area contributed by atoms with Crippen molar-refractivity contribution in [2.45, 2.75) is 39.3 Å². The van der Waals surface area contributed by atoms with Crippen LogP contribution >= 0.6 is 11.6 Å².